The van der Waals surface area contributed by atoms with E-state index in [2.05, 4.69) is 0 Å². The molecule has 1 atom stereocenters. The third-order valence-corrected chi connectivity index (χ3v) is 5.65. The topological polar surface area (TPSA) is 94.5 Å². The van der Waals surface area contributed by atoms with Gasteiger partial charge < -0.3 is 29.2 Å². The lowest BCUT2D eigenvalue weighted by Gasteiger charge is -2.20. The van der Waals surface area contributed by atoms with Gasteiger partial charge in [-0.3, -0.25) is 4.79 Å². The summed E-state index contributed by atoms with van der Waals surface area (Å²) in [7, 11) is 0. The van der Waals surface area contributed by atoms with Crippen molar-refractivity contribution in [2.24, 2.45) is 5.92 Å². The molecule has 2 aromatic carbocycles. The van der Waals surface area contributed by atoms with E-state index < -0.39 is 0 Å². The van der Waals surface area contributed by atoms with Crippen LogP contribution in [0, 0.1) is 5.92 Å². The normalized spacial score (nSPS) is 18.9. The largest absolute Gasteiger partial charge is 0.508 e. The van der Waals surface area contributed by atoms with Gasteiger partial charge in [-0.1, -0.05) is 24.3 Å². The van der Waals surface area contributed by atoms with Gasteiger partial charge in [-0.05, 0) is 60.2 Å². The van der Waals surface area contributed by atoms with Gasteiger partial charge in [-0.15, -0.1) is 0 Å². The van der Waals surface area contributed by atoms with E-state index in [9.17, 15) is 15.0 Å². The zero-order valence-corrected chi connectivity index (χ0v) is 17.2. The summed E-state index contributed by atoms with van der Waals surface area (Å²) >= 11 is 0. The number of hydrogen-bond acceptors (Lipinski definition) is 7. The molecule has 7 nitrogen and oxygen atoms in total. The van der Waals surface area contributed by atoms with Gasteiger partial charge in [0, 0.05) is 6.42 Å². The highest BCUT2D eigenvalue weighted by Gasteiger charge is 2.26. The third-order valence-electron chi connectivity index (χ3n) is 5.65. The third kappa shape index (κ3) is 4.01. The molecule has 1 unspecified atom stereocenters. The summed E-state index contributed by atoms with van der Waals surface area (Å²) in [6.07, 6.45) is 6.25. The molecule has 0 bridgehead atoms. The number of ether oxygens (including phenoxy) is 4. The average Bonchev–Trinajstić information content (AvgIpc) is 3.44. The smallest absolute Gasteiger partial charge is 0.231 e. The fourth-order valence-electron chi connectivity index (χ4n) is 4.03. The maximum absolute atomic E-state index is 12.7. The second-order valence-corrected chi connectivity index (χ2v) is 7.89. The first kappa shape index (κ1) is 20.1. The summed E-state index contributed by atoms with van der Waals surface area (Å²) in [5.41, 5.74) is 2.08. The molecule has 0 saturated heterocycles. The van der Waals surface area contributed by atoms with E-state index in [1.807, 2.05) is 36.4 Å². The first-order chi connectivity index (χ1) is 15.6. The van der Waals surface area contributed by atoms with Gasteiger partial charge in [0.1, 0.15) is 5.76 Å². The van der Waals surface area contributed by atoms with Crippen LogP contribution in [-0.4, -0.2) is 29.6 Å². The first-order valence-electron chi connectivity index (χ1n) is 10.4. The van der Waals surface area contributed by atoms with Crippen molar-refractivity contribution in [3.05, 3.63) is 82.8 Å². The fourth-order valence-corrected chi connectivity index (χ4v) is 4.03. The lowest BCUT2D eigenvalue weighted by Crippen LogP contribution is -2.16. The van der Waals surface area contributed by atoms with Crippen LogP contribution in [0.4, 0.5) is 0 Å². The number of rotatable bonds is 6. The maximum atomic E-state index is 12.7. The van der Waals surface area contributed by atoms with Crippen molar-refractivity contribution < 1.29 is 34.0 Å². The molecule has 2 heterocycles. The molecular formula is C25H22O7. The number of aliphatic hydroxyl groups excluding tert-OH is 2. The van der Waals surface area contributed by atoms with Gasteiger partial charge in [0.05, 0.1) is 5.57 Å². The second kappa shape index (κ2) is 8.34. The van der Waals surface area contributed by atoms with Crippen LogP contribution in [0.3, 0.4) is 0 Å². The van der Waals surface area contributed by atoms with Crippen LogP contribution in [0.25, 0.3) is 0 Å². The molecule has 2 aliphatic heterocycles. The van der Waals surface area contributed by atoms with Gasteiger partial charge in [-0.2, -0.15) is 0 Å². The van der Waals surface area contributed by atoms with Crippen LogP contribution in [0.5, 0.6) is 23.0 Å². The molecule has 32 heavy (non-hydrogen) atoms. The van der Waals surface area contributed by atoms with Crippen molar-refractivity contribution in [3.8, 4) is 23.0 Å². The van der Waals surface area contributed by atoms with E-state index in [-0.39, 0.29) is 48.8 Å². The molecule has 0 amide bonds. The number of carbonyl (C=O) groups is 1. The zero-order valence-electron chi connectivity index (χ0n) is 17.2. The fraction of sp³-hybridized carbons (Fsp3) is 0.240. The summed E-state index contributed by atoms with van der Waals surface area (Å²) in [4.78, 5) is 12.7. The van der Waals surface area contributed by atoms with Crippen LogP contribution >= 0.6 is 0 Å². The number of ketones is 1. The molecule has 0 spiro atoms. The Hall–Kier alpha value is -3.87. The summed E-state index contributed by atoms with van der Waals surface area (Å²) in [5.74, 6) is 1.77. The molecule has 0 aromatic heterocycles. The van der Waals surface area contributed by atoms with Crippen LogP contribution < -0.4 is 18.9 Å². The quantitative estimate of drug-likeness (QED) is 0.654. The van der Waals surface area contributed by atoms with Gasteiger partial charge >= 0.3 is 0 Å². The predicted octanol–water partition coefficient (Wildman–Crippen LogP) is 4.33. The van der Waals surface area contributed by atoms with Crippen LogP contribution in [0.15, 0.2) is 71.7 Å². The molecule has 1 aliphatic carbocycles. The molecule has 0 fully saturated rings. The van der Waals surface area contributed by atoms with E-state index in [0.29, 0.717) is 35.8 Å². The number of allylic oxidation sites excluding steroid dienone is 5. The molecule has 2 N–H and O–H groups in total. The molecule has 3 aliphatic rings. The lowest BCUT2D eigenvalue weighted by molar-refractivity contribution is -0.111. The highest BCUT2D eigenvalue weighted by atomic mass is 16.7. The average molecular weight is 434 g/mol. The molecule has 164 valence electrons. The van der Waals surface area contributed by atoms with Gasteiger partial charge in [0.2, 0.25) is 13.6 Å². The Morgan fingerprint density at radius 3 is 2.25 bits per heavy atom. The Morgan fingerprint density at radius 2 is 1.53 bits per heavy atom. The minimum Gasteiger partial charge on any atom is -0.508 e. The number of carbonyl (C=O) groups excluding carboxylic acids is 1. The SMILES string of the molecule is O=C(/C=C/Cc1ccc2c(c1)OCO2)C1=CC(Cc2ccc3c(c2)OCO3)CC(O)=C1O. The van der Waals surface area contributed by atoms with Crippen LogP contribution in [-0.2, 0) is 17.6 Å². The van der Waals surface area contributed by atoms with Gasteiger partial charge in [0.25, 0.3) is 0 Å². The Balaban J connectivity index is 1.27. The molecule has 5 rings (SSSR count). The van der Waals surface area contributed by atoms with Crippen molar-refractivity contribution in [2.45, 2.75) is 19.3 Å². The van der Waals surface area contributed by atoms with Crippen molar-refractivity contribution in [2.75, 3.05) is 13.6 Å². The van der Waals surface area contributed by atoms with Crippen molar-refractivity contribution in [1.29, 1.82) is 0 Å². The molecule has 0 radical (unpaired) electrons. The highest BCUT2D eigenvalue weighted by Crippen LogP contribution is 2.35. The lowest BCUT2D eigenvalue weighted by atomic mass is 9.87. The molecular weight excluding hydrogens is 412 g/mol. The molecule has 7 heteroatoms. The van der Waals surface area contributed by atoms with Crippen molar-refractivity contribution >= 4 is 5.78 Å². The van der Waals surface area contributed by atoms with Crippen LogP contribution in [0.1, 0.15) is 17.5 Å². The highest BCUT2D eigenvalue weighted by molar-refractivity contribution is 6.07. The molecule has 2 aromatic rings. The summed E-state index contributed by atoms with van der Waals surface area (Å²) < 4.78 is 21.4. The van der Waals surface area contributed by atoms with Crippen LogP contribution in [0.2, 0.25) is 0 Å². The monoisotopic (exact) mass is 434 g/mol. The van der Waals surface area contributed by atoms with Gasteiger partial charge in [0.15, 0.2) is 34.5 Å². The van der Waals surface area contributed by atoms with E-state index >= 15 is 0 Å². The van der Waals surface area contributed by atoms with Gasteiger partial charge in [-0.25, -0.2) is 0 Å². The van der Waals surface area contributed by atoms with E-state index in [4.69, 9.17) is 18.9 Å². The summed E-state index contributed by atoms with van der Waals surface area (Å²) in [6.45, 7) is 0.417. The number of benzene rings is 2. The Morgan fingerprint density at radius 1 is 0.906 bits per heavy atom. The predicted molar refractivity (Wildman–Crippen MR) is 115 cm³/mol. The van der Waals surface area contributed by atoms with E-state index in [1.54, 1.807) is 12.2 Å². The summed E-state index contributed by atoms with van der Waals surface area (Å²) in [6, 6.07) is 11.3. The Kier molecular flexibility index (Phi) is 5.23. The number of aliphatic hydroxyl groups is 2. The number of fused-ring (bicyclic) bond motifs is 2. The minimum atomic E-state index is -0.357. The van der Waals surface area contributed by atoms with Crippen molar-refractivity contribution in [1.82, 2.24) is 0 Å². The van der Waals surface area contributed by atoms with Crippen molar-refractivity contribution in [3.63, 3.8) is 0 Å². The Bertz CT molecular complexity index is 1160. The van der Waals surface area contributed by atoms with E-state index in [0.717, 1.165) is 11.1 Å². The van der Waals surface area contributed by atoms with E-state index in [1.165, 1.54) is 6.08 Å². The second-order valence-electron chi connectivity index (χ2n) is 7.89. The summed E-state index contributed by atoms with van der Waals surface area (Å²) in [5, 5.41) is 20.5. The Labute approximate surface area is 184 Å². The standard InChI is InChI=1S/C25H22O7/c26-19(3-1-2-15-4-6-21-23(11-15)31-13-29-21)18-9-17(10-20(27)25(18)28)8-16-5-7-22-24(12-16)32-14-30-22/h1,3-7,9,11-12,17,27-28H,2,8,10,13-14H2/b3-1+. The molecule has 0 saturated carbocycles. The minimum absolute atomic E-state index is 0.112. The number of hydrogen-bond donors (Lipinski definition) is 2. The first-order valence-corrected chi connectivity index (χ1v) is 10.4. The maximum Gasteiger partial charge on any atom is 0.231 e. The zero-order chi connectivity index (χ0) is 22.1.